The van der Waals surface area contributed by atoms with E-state index in [-0.39, 0.29) is 34.5 Å². The monoisotopic (exact) mass is 332 g/mol. The van der Waals surface area contributed by atoms with Gasteiger partial charge in [0.2, 0.25) is 0 Å². The van der Waals surface area contributed by atoms with E-state index in [4.69, 9.17) is 4.74 Å². The van der Waals surface area contributed by atoms with Crippen molar-refractivity contribution in [2.75, 3.05) is 0 Å². The number of fused-ring (bicyclic) bond motifs is 3. The first-order valence-corrected chi connectivity index (χ1v) is 8.80. The summed E-state index contributed by atoms with van der Waals surface area (Å²) in [4.78, 5) is 11.5. The third-order valence-electron chi connectivity index (χ3n) is 5.82. The van der Waals surface area contributed by atoms with Gasteiger partial charge in [0.05, 0.1) is 5.92 Å². The molecule has 3 unspecified atom stereocenters. The van der Waals surface area contributed by atoms with Gasteiger partial charge in [0, 0.05) is 11.5 Å². The van der Waals surface area contributed by atoms with E-state index in [0.29, 0.717) is 12.8 Å². The van der Waals surface area contributed by atoms with Crippen LogP contribution in [-0.4, -0.2) is 21.8 Å². The molecular formula is C20H28O4. The number of phenols is 1. The predicted molar refractivity (Wildman–Crippen MR) is 92.7 cm³/mol. The molecule has 1 fully saturated rings. The number of hydrogen-bond acceptors (Lipinski definition) is 3. The highest BCUT2D eigenvalue weighted by atomic mass is 16.5. The minimum Gasteiger partial charge on any atom is -0.508 e. The van der Waals surface area contributed by atoms with Crippen LogP contribution in [0, 0.1) is 11.8 Å². The summed E-state index contributed by atoms with van der Waals surface area (Å²) in [7, 11) is 0. The second kappa shape index (κ2) is 5.40. The van der Waals surface area contributed by atoms with E-state index in [1.807, 2.05) is 12.1 Å². The van der Waals surface area contributed by atoms with Gasteiger partial charge in [0.1, 0.15) is 17.1 Å². The molecule has 3 rings (SSSR count). The maximum absolute atomic E-state index is 11.5. The standard InChI is InChI=1S/C20H28O4/c1-19(2,3)12-9-15(21)17-13-8-11(18(22)23)6-7-14(13)20(4,5)24-16(17)10-12/h9-11,13-14,21H,6-8H2,1-5H3,(H,22,23). The molecule has 2 N–H and O–H groups in total. The summed E-state index contributed by atoms with van der Waals surface area (Å²) in [6.07, 6.45) is 2.07. The molecule has 132 valence electrons. The van der Waals surface area contributed by atoms with Crippen LogP contribution >= 0.6 is 0 Å². The highest BCUT2D eigenvalue weighted by Crippen LogP contribution is 2.55. The first-order valence-electron chi connectivity index (χ1n) is 8.80. The van der Waals surface area contributed by atoms with Crippen LogP contribution in [0.15, 0.2) is 12.1 Å². The second-order valence-corrected chi connectivity index (χ2v) is 8.92. The fraction of sp³-hybridized carbons (Fsp3) is 0.650. The average Bonchev–Trinajstić information content (AvgIpc) is 2.44. The third-order valence-corrected chi connectivity index (χ3v) is 5.82. The molecule has 0 spiro atoms. The number of aliphatic carboxylic acids is 1. The molecule has 0 bridgehead atoms. The van der Waals surface area contributed by atoms with Gasteiger partial charge in [-0.3, -0.25) is 4.79 Å². The van der Waals surface area contributed by atoms with Crippen LogP contribution in [0.2, 0.25) is 0 Å². The summed E-state index contributed by atoms with van der Waals surface area (Å²) in [5.74, 6) is 0.158. The van der Waals surface area contributed by atoms with Gasteiger partial charge in [-0.05, 0) is 62.1 Å². The van der Waals surface area contributed by atoms with Crippen molar-refractivity contribution in [3.8, 4) is 11.5 Å². The van der Waals surface area contributed by atoms with Gasteiger partial charge < -0.3 is 14.9 Å². The van der Waals surface area contributed by atoms with E-state index in [2.05, 4.69) is 34.6 Å². The van der Waals surface area contributed by atoms with Crippen molar-refractivity contribution in [2.45, 2.75) is 70.8 Å². The smallest absolute Gasteiger partial charge is 0.306 e. The average molecular weight is 332 g/mol. The number of phenolic OH excluding ortho intramolecular Hbond substituents is 1. The van der Waals surface area contributed by atoms with Crippen molar-refractivity contribution in [1.82, 2.24) is 0 Å². The molecule has 0 saturated heterocycles. The number of carboxylic acids is 1. The molecule has 1 aliphatic carbocycles. The molecule has 3 atom stereocenters. The Morgan fingerprint density at radius 3 is 2.50 bits per heavy atom. The van der Waals surface area contributed by atoms with Gasteiger partial charge in [-0.1, -0.05) is 20.8 Å². The summed E-state index contributed by atoms with van der Waals surface area (Å²) in [5, 5.41) is 20.1. The number of aromatic hydroxyl groups is 1. The molecular weight excluding hydrogens is 304 g/mol. The van der Waals surface area contributed by atoms with Gasteiger partial charge in [-0.15, -0.1) is 0 Å². The largest absolute Gasteiger partial charge is 0.508 e. The summed E-state index contributed by atoms with van der Waals surface area (Å²) < 4.78 is 6.29. The predicted octanol–water partition coefficient (Wildman–Crippen LogP) is 4.45. The van der Waals surface area contributed by atoms with Crippen LogP contribution in [0.3, 0.4) is 0 Å². The summed E-state index contributed by atoms with van der Waals surface area (Å²) in [6, 6.07) is 3.85. The van der Waals surface area contributed by atoms with Gasteiger partial charge in [-0.2, -0.15) is 0 Å². The Kier molecular flexibility index (Phi) is 3.85. The van der Waals surface area contributed by atoms with Crippen LogP contribution in [0.5, 0.6) is 11.5 Å². The molecule has 1 aromatic rings. The molecule has 1 aromatic carbocycles. The Morgan fingerprint density at radius 1 is 1.25 bits per heavy atom. The Morgan fingerprint density at radius 2 is 1.92 bits per heavy atom. The SMILES string of the molecule is CC(C)(C)c1cc(O)c2c(c1)OC(C)(C)C1CCC(C(=O)O)CC21. The minimum atomic E-state index is -0.731. The van der Waals surface area contributed by atoms with E-state index in [9.17, 15) is 15.0 Å². The van der Waals surface area contributed by atoms with Crippen molar-refractivity contribution < 1.29 is 19.7 Å². The lowest BCUT2D eigenvalue weighted by molar-refractivity contribution is -0.144. The van der Waals surface area contributed by atoms with Crippen molar-refractivity contribution in [1.29, 1.82) is 0 Å². The van der Waals surface area contributed by atoms with Crippen LogP contribution in [0.4, 0.5) is 0 Å². The Bertz CT molecular complexity index is 669. The second-order valence-electron chi connectivity index (χ2n) is 8.92. The van der Waals surface area contributed by atoms with Crippen molar-refractivity contribution in [2.24, 2.45) is 11.8 Å². The Labute approximate surface area is 143 Å². The van der Waals surface area contributed by atoms with Crippen molar-refractivity contribution >= 4 is 5.97 Å². The molecule has 1 saturated carbocycles. The van der Waals surface area contributed by atoms with Gasteiger partial charge in [0.15, 0.2) is 0 Å². The molecule has 0 aromatic heterocycles. The lowest BCUT2D eigenvalue weighted by atomic mass is 9.63. The quantitative estimate of drug-likeness (QED) is 0.797. The molecule has 0 radical (unpaired) electrons. The molecule has 4 nitrogen and oxygen atoms in total. The van der Waals surface area contributed by atoms with Gasteiger partial charge in [-0.25, -0.2) is 0 Å². The molecule has 4 heteroatoms. The van der Waals surface area contributed by atoms with Crippen molar-refractivity contribution in [3.63, 3.8) is 0 Å². The molecule has 0 amide bonds. The highest BCUT2D eigenvalue weighted by molar-refractivity contribution is 5.70. The first kappa shape index (κ1) is 17.1. The van der Waals surface area contributed by atoms with Crippen LogP contribution in [-0.2, 0) is 10.2 Å². The van der Waals surface area contributed by atoms with Crippen LogP contribution in [0.1, 0.15) is 70.9 Å². The lowest BCUT2D eigenvalue weighted by Crippen LogP contribution is -2.47. The Balaban J connectivity index is 2.10. The van der Waals surface area contributed by atoms with Gasteiger partial charge >= 0.3 is 5.97 Å². The normalized spacial score (nSPS) is 28.5. The van der Waals surface area contributed by atoms with E-state index in [1.165, 1.54) is 0 Å². The number of ether oxygens (including phenoxy) is 1. The molecule has 1 heterocycles. The van der Waals surface area contributed by atoms with E-state index in [0.717, 1.165) is 23.3 Å². The third kappa shape index (κ3) is 2.76. The molecule has 24 heavy (non-hydrogen) atoms. The van der Waals surface area contributed by atoms with Crippen LogP contribution < -0.4 is 4.74 Å². The zero-order valence-electron chi connectivity index (χ0n) is 15.2. The topological polar surface area (TPSA) is 66.8 Å². The zero-order chi connectivity index (χ0) is 17.9. The lowest BCUT2D eigenvalue weighted by Gasteiger charge is -2.48. The number of rotatable bonds is 1. The summed E-state index contributed by atoms with van der Waals surface area (Å²) in [5.41, 5.74) is 1.38. The molecule has 2 aliphatic rings. The fourth-order valence-electron chi connectivity index (χ4n) is 4.41. The number of carbonyl (C=O) groups is 1. The molecule has 1 aliphatic heterocycles. The number of benzene rings is 1. The van der Waals surface area contributed by atoms with E-state index < -0.39 is 5.97 Å². The first-order chi connectivity index (χ1) is 11.0. The highest BCUT2D eigenvalue weighted by Gasteiger charge is 2.48. The van der Waals surface area contributed by atoms with Gasteiger partial charge in [0.25, 0.3) is 0 Å². The fourth-order valence-corrected chi connectivity index (χ4v) is 4.41. The maximum Gasteiger partial charge on any atom is 0.306 e. The van der Waals surface area contributed by atoms with E-state index in [1.54, 1.807) is 0 Å². The minimum absolute atomic E-state index is 0.0348. The number of carboxylic acid groups (broad SMARTS) is 1. The van der Waals surface area contributed by atoms with Crippen molar-refractivity contribution in [3.05, 3.63) is 23.3 Å². The summed E-state index contributed by atoms with van der Waals surface area (Å²) in [6.45, 7) is 10.5. The maximum atomic E-state index is 11.5. The van der Waals surface area contributed by atoms with E-state index >= 15 is 0 Å². The number of hydrogen-bond donors (Lipinski definition) is 2. The van der Waals surface area contributed by atoms with Crippen LogP contribution in [0.25, 0.3) is 0 Å². The zero-order valence-corrected chi connectivity index (χ0v) is 15.2. The summed E-state index contributed by atoms with van der Waals surface area (Å²) >= 11 is 0. The Hall–Kier alpha value is -1.71.